The lowest BCUT2D eigenvalue weighted by atomic mass is 10.0. The minimum atomic E-state index is -3.81. The van der Waals surface area contributed by atoms with E-state index >= 15 is 0 Å². The summed E-state index contributed by atoms with van der Waals surface area (Å²) in [5.41, 5.74) is 1.33. The van der Waals surface area contributed by atoms with E-state index in [9.17, 15) is 17.6 Å². The number of nitrogens with one attached hydrogen (secondary N) is 2. The molecule has 140 valence electrons. The molecule has 2 heterocycles. The molecule has 0 spiro atoms. The van der Waals surface area contributed by atoms with Gasteiger partial charge in [-0.25, -0.2) is 4.39 Å². The molecule has 1 aromatic carbocycles. The summed E-state index contributed by atoms with van der Waals surface area (Å²) >= 11 is 7.16. The van der Waals surface area contributed by atoms with Gasteiger partial charge in [-0.05, 0) is 48.6 Å². The van der Waals surface area contributed by atoms with E-state index in [1.54, 1.807) is 0 Å². The highest BCUT2D eigenvalue weighted by Crippen LogP contribution is 2.32. The van der Waals surface area contributed by atoms with Gasteiger partial charge in [-0.15, -0.1) is 11.3 Å². The van der Waals surface area contributed by atoms with E-state index in [1.165, 1.54) is 30.5 Å². The second-order valence-corrected chi connectivity index (χ2v) is 9.20. The van der Waals surface area contributed by atoms with E-state index in [0.29, 0.717) is 5.69 Å². The van der Waals surface area contributed by atoms with Crippen LogP contribution < -0.4 is 10.0 Å². The van der Waals surface area contributed by atoms with Gasteiger partial charge in [0.1, 0.15) is 11.9 Å². The van der Waals surface area contributed by atoms with Crippen molar-refractivity contribution in [2.45, 2.75) is 25.4 Å². The Labute approximate surface area is 160 Å². The zero-order valence-corrected chi connectivity index (χ0v) is 16.4. The largest absolute Gasteiger partial charge is 0.325 e. The second kappa shape index (κ2) is 7.24. The molecule has 3 rings (SSSR count). The summed E-state index contributed by atoms with van der Waals surface area (Å²) in [6.07, 6.45) is 0.274. The van der Waals surface area contributed by atoms with E-state index in [-0.39, 0.29) is 11.4 Å². The number of amides is 1. The number of thiophene rings is 1. The van der Waals surface area contributed by atoms with Gasteiger partial charge in [0.15, 0.2) is 0 Å². The van der Waals surface area contributed by atoms with Crippen molar-refractivity contribution < 1.29 is 17.6 Å². The quantitative estimate of drug-likeness (QED) is 0.805. The van der Waals surface area contributed by atoms with Crippen molar-refractivity contribution in [3.63, 3.8) is 0 Å². The van der Waals surface area contributed by atoms with Gasteiger partial charge in [0.05, 0.1) is 11.1 Å². The smallest absolute Gasteiger partial charge is 0.280 e. The fraction of sp³-hybridized carbons (Fsp3) is 0.312. The van der Waals surface area contributed by atoms with Crippen LogP contribution in [0.1, 0.15) is 22.9 Å². The molecule has 1 saturated heterocycles. The summed E-state index contributed by atoms with van der Waals surface area (Å²) in [6, 6.07) is 4.30. The molecule has 1 amide bonds. The molecule has 0 saturated carbocycles. The van der Waals surface area contributed by atoms with Crippen LogP contribution in [-0.2, 0) is 15.0 Å². The standard InChI is InChI=1S/C16H17ClFN3O3S2/c1-9-5-15(25-8-9)13-7-14(21(2)26(23,24)20-13)16(22)19-10-3-4-12(18)11(17)6-10/h3-6,8,13-14,20H,7H2,1-2H3,(H,19,22)/t13-,14+/m0/s1. The number of hydrogen-bond acceptors (Lipinski definition) is 4. The van der Waals surface area contributed by atoms with Crippen LogP contribution in [-0.4, -0.2) is 31.7 Å². The van der Waals surface area contributed by atoms with Crippen molar-refractivity contribution >= 4 is 44.7 Å². The predicted molar refractivity (Wildman–Crippen MR) is 100 cm³/mol. The molecule has 1 aliphatic rings. The average Bonchev–Trinajstić information content (AvgIpc) is 2.99. The first-order valence-electron chi connectivity index (χ1n) is 7.73. The molecular weight excluding hydrogens is 401 g/mol. The highest BCUT2D eigenvalue weighted by Gasteiger charge is 2.41. The lowest BCUT2D eigenvalue weighted by molar-refractivity contribution is -0.120. The number of likely N-dealkylation sites (N-methyl/N-ethyl adjacent to an activating group) is 1. The third kappa shape index (κ3) is 3.91. The van der Waals surface area contributed by atoms with Gasteiger partial charge in [-0.2, -0.15) is 17.4 Å². The number of hydrogen-bond donors (Lipinski definition) is 2. The van der Waals surface area contributed by atoms with Crippen molar-refractivity contribution in [1.82, 2.24) is 9.03 Å². The van der Waals surface area contributed by atoms with Crippen LogP contribution in [0.3, 0.4) is 0 Å². The summed E-state index contributed by atoms with van der Waals surface area (Å²) in [4.78, 5) is 13.5. The first-order valence-corrected chi connectivity index (χ1v) is 10.4. The number of carbonyl (C=O) groups is 1. The van der Waals surface area contributed by atoms with E-state index in [2.05, 4.69) is 10.0 Å². The SMILES string of the molecule is Cc1csc([C@@H]2C[C@H](C(=O)Nc3ccc(F)c(Cl)c3)N(C)S(=O)(=O)N2)c1. The predicted octanol–water partition coefficient (Wildman–Crippen LogP) is 3.07. The fourth-order valence-corrected chi connectivity index (χ4v) is 5.22. The van der Waals surface area contributed by atoms with Gasteiger partial charge in [0.2, 0.25) is 5.91 Å². The van der Waals surface area contributed by atoms with Crippen molar-refractivity contribution in [1.29, 1.82) is 0 Å². The minimum Gasteiger partial charge on any atom is -0.325 e. The Morgan fingerprint density at radius 3 is 2.77 bits per heavy atom. The monoisotopic (exact) mass is 417 g/mol. The van der Waals surface area contributed by atoms with Gasteiger partial charge in [-0.1, -0.05) is 11.6 Å². The molecule has 1 fully saturated rings. The van der Waals surface area contributed by atoms with Crippen molar-refractivity contribution in [3.05, 3.63) is 50.9 Å². The highest BCUT2D eigenvalue weighted by atomic mass is 35.5. The van der Waals surface area contributed by atoms with Crippen molar-refractivity contribution in [3.8, 4) is 0 Å². The molecule has 0 unspecified atom stereocenters. The number of rotatable bonds is 3. The van der Waals surface area contributed by atoms with Gasteiger partial charge >= 0.3 is 0 Å². The molecule has 6 nitrogen and oxygen atoms in total. The van der Waals surface area contributed by atoms with Crippen LogP contribution in [0.5, 0.6) is 0 Å². The first-order chi connectivity index (χ1) is 12.2. The Balaban J connectivity index is 1.83. The molecule has 2 aromatic rings. The normalized spacial score (nSPS) is 22.9. The molecule has 1 aromatic heterocycles. The van der Waals surface area contributed by atoms with Crippen LogP contribution in [0.15, 0.2) is 29.6 Å². The zero-order chi connectivity index (χ0) is 19.1. The Hall–Kier alpha value is -1.52. The molecule has 26 heavy (non-hydrogen) atoms. The van der Waals surface area contributed by atoms with Crippen LogP contribution in [0.2, 0.25) is 5.02 Å². The van der Waals surface area contributed by atoms with Gasteiger partial charge in [-0.3, -0.25) is 4.79 Å². The molecule has 2 atom stereocenters. The first kappa shape index (κ1) is 19.2. The van der Waals surface area contributed by atoms with E-state index < -0.39 is 34.0 Å². The van der Waals surface area contributed by atoms with Crippen molar-refractivity contribution in [2.75, 3.05) is 12.4 Å². The summed E-state index contributed by atoms with van der Waals surface area (Å²) in [5.74, 6) is -1.10. The number of aryl methyl sites for hydroxylation is 1. The molecule has 0 radical (unpaired) electrons. The molecular formula is C16H17ClFN3O3S2. The van der Waals surface area contributed by atoms with Crippen LogP contribution in [0.25, 0.3) is 0 Å². The van der Waals surface area contributed by atoms with Gasteiger partial charge in [0.25, 0.3) is 10.2 Å². The topological polar surface area (TPSA) is 78.5 Å². The summed E-state index contributed by atoms with van der Waals surface area (Å²) in [7, 11) is -2.46. The number of nitrogens with zero attached hydrogens (tertiary/aromatic N) is 1. The fourth-order valence-electron chi connectivity index (χ4n) is 2.73. The third-order valence-electron chi connectivity index (χ3n) is 4.15. The van der Waals surface area contributed by atoms with E-state index in [0.717, 1.165) is 20.8 Å². The van der Waals surface area contributed by atoms with Gasteiger partial charge < -0.3 is 5.32 Å². The number of benzene rings is 1. The Kier molecular flexibility index (Phi) is 5.36. The Morgan fingerprint density at radius 1 is 1.42 bits per heavy atom. The highest BCUT2D eigenvalue weighted by molar-refractivity contribution is 7.87. The molecule has 0 bridgehead atoms. The zero-order valence-electron chi connectivity index (χ0n) is 14.0. The van der Waals surface area contributed by atoms with Crippen LogP contribution in [0.4, 0.5) is 10.1 Å². The molecule has 2 N–H and O–H groups in total. The van der Waals surface area contributed by atoms with Crippen LogP contribution >= 0.6 is 22.9 Å². The maximum Gasteiger partial charge on any atom is 0.280 e. The summed E-state index contributed by atoms with van der Waals surface area (Å²) in [5, 5.41) is 4.41. The molecule has 1 aliphatic heterocycles. The maximum atomic E-state index is 13.3. The van der Waals surface area contributed by atoms with Crippen LogP contribution in [0, 0.1) is 12.7 Å². The average molecular weight is 418 g/mol. The summed E-state index contributed by atoms with van der Waals surface area (Å²) < 4.78 is 41.7. The Morgan fingerprint density at radius 2 is 2.15 bits per heavy atom. The number of anilines is 1. The second-order valence-electron chi connectivity index (χ2n) is 6.09. The molecule has 10 heteroatoms. The summed E-state index contributed by atoms with van der Waals surface area (Å²) in [6.45, 7) is 1.92. The minimum absolute atomic E-state index is 0.124. The number of halogens is 2. The van der Waals surface area contributed by atoms with Crippen molar-refractivity contribution in [2.24, 2.45) is 0 Å². The van der Waals surface area contributed by atoms with E-state index in [4.69, 9.17) is 11.6 Å². The number of carbonyl (C=O) groups excluding carboxylic acids is 1. The van der Waals surface area contributed by atoms with E-state index in [1.807, 2.05) is 18.4 Å². The lowest BCUT2D eigenvalue weighted by Gasteiger charge is -2.35. The lowest BCUT2D eigenvalue weighted by Crippen LogP contribution is -2.55. The molecule has 0 aliphatic carbocycles. The maximum absolute atomic E-state index is 13.3. The van der Waals surface area contributed by atoms with Gasteiger partial charge in [0, 0.05) is 17.6 Å². The Bertz CT molecular complexity index is 948. The third-order valence-corrected chi connectivity index (χ3v) is 7.20.